The van der Waals surface area contributed by atoms with Crippen LogP contribution in [-0.2, 0) is 5.75 Å². The first-order chi connectivity index (χ1) is 8.72. The van der Waals surface area contributed by atoms with E-state index in [0.717, 1.165) is 36.2 Å². The van der Waals surface area contributed by atoms with Crippen LogP contribution in [0.4, 0.5) is 0 Å². The number of likely N-dealkylation sites (N-methyl/N-ethyl adjacent to an activating group) is 1. The Bertz CT molecular complexity index is 330. The van der Waals surface area contributed by atoms with Gasteiger partial charge in [-0.05, 0) is 32.1 Å². The van der Waals surface area contributed by atoms with Crippen LogP contribution in [0.3, 0.4) is 0 Å². The van der Waals surface area contributed by atoms with Crippen molar-refractivity contribution in [3.63, 3.8) is 0 Å². The van der Waals surface area contributed by atoms with Crippen molar-refractivity contribution in [2.45, 2.75) is 58.2 Å². The lowest BCUT2D eigenvalue weighted by Crippen LogP contribution is -2.31. The van der Waals surface area contributed by atoms with Gasteiger partial charge in [0.15, 0.2) is 5.82 Å². The van der Waals surface area contributed by atoms with E-state index in [9.17, 15) is 0 Å². The minimum absolute atomic E-state index is 0.308. The van der Waals surface area contributed by atoms with Crippen molar-refractivity contribution in [1.82, 2.24) is 15.5 Å². The maximum atomic E-state index is 5.40. The third-order valence-corrected chi connectivity index (χ3v) is 4.11. The summed E-state index contributed by atoms with van der Waals surface area (Å²) in [6.45, 7) is 9.59. The second-order valence-electron chi connectivity index (χ2n) is 4.46. The van der Waals surface area contributed by atoms with E-state index in [1.165, 1.54) is 6.42 Å². The van der Waals surface area contributed by atoms with Crippen molar-refractivity contribution in [1.29, 1.82) is 0 Å². The molecule has 1 heterocycles. The summed E-state index contributed by atoms with van der Waals surface area (Å²) in [6.07, 6.45) is 2.20. The van der Waals surface area contributed by atoms with Gasteiger partial charge in [-0.25, -0.2) is 0 Å². The summed E-state index contributed by atoms with van der Waals surface area (Å²) in [7, 11) is 0. The molecule has 0 fully saturated rings. The predicted octanol–water partition coefficient (Wildman–Crippen LogP) is 3.20. The lowest BCUT2D eigenvalue weighted by molar-refractivity contribution is 0.316. The van der Waals surface area contributed by atoms with E-state index in [4.69, 9.17) is 4.52 Å². The Morgan fingerprint density at radius 1 is 1.33 bits per heavy atom. The molecule has 0 aliphatic carbocycles. The fraction of sp³-hybridized carbons (Fsp3) is 0.846. The molecule has 0 saturated carbocycles. The normalized spacial score (nSPS) is 14.7. The van der Waals surface area contributed by atoms with Crippen LogP contribution in [0.25, 0.3) is 0 Å². The maximum Gasteiger partial charge on any atom is 0.231 e. The summed E-state index contributed by atoms with van der Waals surface area (Å²) in [5.41, 5.74) is 0. The molecule has 0 radical (unpaired) electrons. The van der Waals surface area contributed by atoms with Crippen molar-refractivity contribution in [2.24, 2.45) is 0 Å². The average molecular weight is 271 g/mol. The molecule has 0 aliphatic rings. The van der Waals surface area contributed by atoms with Crippen molar-refractivity contribution < 1.29 is 4.52 Å². The number of aromatic nitrogens is 2. The molecule has 2 atom stereocenters. The number of nitrogens with one attached hydrogen (secondary N) is 1. The molecule has 1 rings (SSSR count). The van der Waals surface area contributed by atoms with Gasteiger partial charge in [0.25, 0.3) is 0 Å². The second kappa shape index (κ2) is 8.53. The van der Waals surface area contributed by atoms with Gasteiger partial charge in [-0.1, -0.05) is 25.9 Å². The van der Waals surface area contributed by atoms with Crippen LogP contribution in [0, 0.1) is 0 Å². The summed E-state index contributed by atoms with van der Waals surface area (Å²) >= 11 is 1.86. The average Bonchev–Trinajstić information content (AvgIpc) is 2.79. The predicted molar refractivity (Wildman–Crippen MR) is 76.9 cm³/mol. The Balaban J connectivity index is 2.58. The first-order valence-electron chi connectivity index (χ1n) is 6.86. The van der Waals surface area contributed by atoms with Crippen LogP contribution >= 0.6 is 11.8 Å². The van der Waals surface area contributed by atoms with Gasteiger partial charge in [0.05, 0.1) is 11.7 Å². The molecule has 0 bridgehead atoms. The molecule has 0 aliphatic heterocycles. The number of hydrogen-bond donors (Lipinski definition) is 1. The van der Waals surface area contributed by atoms with Gasteiger partial charge in [0.1, 0.15) is 0 Å². The van der Waals surface area contributed by atoms with Crippen LogP contribution in [0.5, 0.6) is 0 Å². The Kier molecular flexibility index (Phi) is 7.35. The number of hydrogen-bond acceptors (Lipinski definition) is 5. The molecule has 18 heavy (non-hydrogen) atoms. The van der Waals surface area contributed by atoms with Gasteiger partial charge in [-0.3, -0.25) is 0 Å². The van der Waals surface area contributed by atoms with Crippen molar-refractivity contribution in [3.8, 4) is 0 Å². The van der Waals surface area contributed by atoms with Crippen molar-refractivity contribution >= 4 is 11.8 Å². The third-order valence-electron chi connectivity index (χ3n) is 2.95. The molecule has 4 nitrogen and oxygen atoms in total. The second-order valence-corrected chi connectivity index (χ2v) is 5.57. The molecule has 104 valence electrons. The Morgan fingerprint density at radius 2 is 2.11 bits per heavy atom. The van der Waals surface area contributed by atoms with E-state index < -0.39 is 0 Å². The molecule has 1 N–H and O–H groups in total. The summed E-state index contributed by atoms with van der Waals surface area (Å²) < 4.78 is 5.40. The molecule has 1 aromatic heterocycles. The lowest BCUT2D eigenvalue weighted by atomic mass is 9.98. The van der Waals surface area contributed by atoms with Crippen LogP contribution in [0.1, 0.15) is 58.2 Å². The van der Waals surface area contributed by atoms with Gasteiger partial charge in [0, 0.05) is 6.04 Å². The highest BCUT2D eigenvalue weighted by Crippen LogP contribution is 2.22. The molecule has 0 saturated heterocycles. The van der Waals surface area contributed by atoms with E-state index in [1.54, 1.807) is 0 Å². The van der Waals surface area contributed by atoms with Gasteiger partial charge in [-0.15, -0.1) is 0 Å². The highest BCUT2D eigenvalue weighted by Gasteiger charge is 2.22. The van der Waals surface area contributed by atoms with E-state index in [-0.39, 0.29) is 0 Å². The number of rotatable bonds is 9. The zero-order valence-electron chi connectivity index (χ0n) is 11.9. The van der Waals surface area contributed by atoms with Gasteiger partial charge in [-0.2, -0.15) is 16.7 Å². The fourth-order valence-electron chi connectivity index (χ4n) is 1.99. The van der Waals surface area contributed by atoms with Gasteiger partial charge < -0.3 is 9.84 Å². The highest BCUT2D eigenvalue weighted by molar-refractivity contribution is 7.98. The number of nitrogens with zero attached hydrogens (tertiary/aromatic N) is 2. The minimum atomic E-state index is 0.308. The molecular weight excluding hydrogens is 246 g/mol. The Hall–Kier alpha value is -0.550. The monoisotopic (exact) mass is 271 g/mol. The summed E-state index contributed by atoms with van der Waals surface area (Å²) in [5, 5.41) is 7.49. The van der Waals surface area contributed by atoms with Crippen LogP contribution in [0.15, 0.2) is 4.52 Å². The van der Waals surface area contributed by atoms with Crippen molar-refractivity contribution in [2.75, 3.05) is 12.3 Å². The molecular formula is C13H25N3OS. The van der Waals surface area contributed by atoms with E-state index >= 15 is 0 Å². The number of thioether (sulfide) groups is 1. The molecule has 5 heteroatoms. The van der Waals surface area contributed by atoms with Crippen LogP contribution < -0.4 is 5.32 Å². The molecule has 2 unspecified atom stereocenters. The quantitative estimate of drug-likeness (QED) is 0.699. The standard InChI is InChI=1S/C13H25N3OS/c1-5-8-18-9-12-15-13(17-16-12)11(6-2)10(4)14-7-3/h10-11,14H,5-9H2,1-4H3. The molecule has 0 aromatic carbocycles. The zero-order valence-corrected chi connectivity index (χ0v) is 12.7. The molecule has 0 spiro atoms. The maximum absolute atomic E-state index is 5.40. The summed E-state index contributed by atoms with van der Waals surface area (Å²) in [5.74, 6) is 3.91. The van der Waals surface area contributed by atoms with Crippen LogP contribution in [0.2, 0.25) is 0 Å². The smallest absolute Gasteiger partial charge is 0.231 e. The first kappa shape index (κ1) is 15.5. The van der Waals surface area contributed by atoms with E-state index in [2.05, 4.69) is 43.2 Å². The van der Waals surface area contributed by atoms with E-state index in [1.807, 2.05) is 11.8 Å². The first-order valence-corrected chi connectivity index (χ1v) is 8.01. The minimum Gasteiger partial charge on any atom is -0.339 e. The third kappa shape index (κ3) is 4.61. The molecule has 1 aromatic rings. The fourth-order valence-corrected chi connectivity index (χ4v) is 2.72. The Morgan fingerprint density at radius 3 is 2.72 bits per heavy atom. The molecule has 0 amide bonds. The van der Waals surface area contributed by atoms with Crippen LogP contribution in [-0.4, -0.2) is 28.5 Å². The van der Waals surface area contributed by atoms with Crippen molar-refractivity contribution in [3.05, 3.63) is 11.7 Å². The summed E-state index contributed by atoms with van der Waals surface area (Å²) in [6, 6.07) is 0.372. The Labute approximate surface area is 114 Å². The van der Waals surface area contributed by atoms with Gasteiger partial charge in [0.2, 0.25) is 5.89 Å². The van der Waals surface area contributed by atoms with Gasteiger partial charge >= 0.3 is 0 Å². The highest BCUT2D eigenvalue weighted by atomic mass is 32.2. The topological polar surface area (TPSA) is 51.0 Å². The van der Waals surface area contributed by atoms with E-state index in [0.29, 0.717) is 12.0 Å². The largest absolute Gasteiger partial charge is 0.339 e. The lowest BCUT2D eigenvalue weighted by Gasteiger charge is -2.19. The summed E-state index contributed by atoms with van der Waals surface area (Å²) in [4.78, 5) is 4.52. The SMILES string of the molecule is CCCSCc1noc(C(CC)C(C)NCC)n1. The zero-order chi connectivity index (χ0) is 13.4.